The fraction of sp³-hybridized carbons (Fsp3) is 0.391. The van der Waals surface area contributed by atoms with Crippen molar-refractivity contribution in [3.8, 4) is 11.3 Å². The van der Waals surface area contributed by atoms with E-state index in [1.807, 2.05) is 5.32 Å². The molecular formula is C23H18F10N6O3. The van der Waals surface area contributed by atoms with E-state index in [0.717, 1.165) is 12.4 Å². The summed E-state index contributed by atoms with van der Waals surface area (Å²) in [5.74, 6) is -4.15. The van der Waals surface area contributed by atoms with Gasteiger partial charge in [0.1, 0.15) is 18.0 Å². The third-order valence-electron chi connectivity index (χ3n) is 6.57. The average molecular weight is 616 g/mol. The van der Waals surface area contributed by atoms with Crippen LogP contribution in [0.2, 0.25) is 0 Å². The molecule has 3 aromatic rings. The number of likely N-dealkylation sites (tertiary alicyclic amines) is 1. The van der Waals surface area contributed by atoms with Gasteiger partial charge in [-0.25, -0.2) is 13.9 Å². The Bertz CT molecular complexity index is 1550. The quantitative estimate of drug-likeness (QED) is 0.385. The lowest BCUT2D eigenvalue weighted by molar-refractivity contribution is -0.249. The van der Waals surface area contributed by atoms with Crippen LogP contribution in [-0.2, 0) is 17.1 Å². The number of alkyl halides is 10. The summed E-state index contributed by atoms with van der Waals surface area (Å²) in [6.45, 7) is -1.84. The van der Waals surface area contributed by atoms with Crippen LogP contribution in [0.4, 0.5) is 49.7 Å². The van der Waals surface area contributed by atoms with Crippen molar-refractivity contribution in [3.63, 3.8) is 0 Å². The van der Waals surface area contributed by atoms with Crippen LogP contribution in [0.5, 0.6) is 0 Å². The number of nitrogens with zero attached hydrogens (tertiary/aromatic N) is 4. The molecule has 1 aromatic carbocycles. The van der Waals surface area contributed by atoms with Gasteiger partial charge < -0.3 is 21.1 Å². The summed E-state index contributed by atoms with van der Waals surface area (Å²) in [4.78, 5) is 28.9. The van der Waals surface area contributed by atoms with Gasteiger partial charge in [0, 0.05) is 12.1 Å². The number of halogens is 10. The van der Waals surface area contributed by atoms with Crippen LogP contribution in [-0.4, -0.2) is 73.5 Å². The van der Waals surface area contributed by atoms with E-state index in [4.69, 9.17) is 5.73 Å². The highest BCUT2D eigenvalue weighted by Crippen LogP contribution is 2.40. The van der Waals surface area contributed by atoms with Crippen LogP contribution < -0.4 is 11.1 Å². The van der Waals surface area contributed by atoms with Gasteiger partial charge in [0.05, 0.1) is 35.0 Å². The minimum atomic E-state index is -5.44. The molecule has 1 unspecified atom stereocenters. The number of aliphatic hydroxyl groups is 1. The van der Waals surface area contributed by atoms with Crippen molar-refractivity contribution in [2.75, 3.05) is 18.8 Å². The van der Waals surface area contributed by atoms with Crippen LogP contribution in [0.3, 0.4) is 0 Å². The topological polar surface area (TPSA) is 126 Å². The molecule has 2 aromatic heterocycles. The number of hydrogen-bond acceptors (Lipinski definition) is 6. The Morgan fingerprint density at radius 1 is 1.00 bits per heavy atom. The molecule has 4 N–H and O–H groups in total. The second-order valence-electron chi connectivity index (χ2n) is 9.48. The Morgan fingerprint density at radius 3 is 2.19 bits per heavy atom. The third kappa shape index (κ3) is 5.39. The van der Waals surface area contributed by atoms with E-state index in [0.29, 0.717) is 22.7 Å². The first-order chi connectivity index (χ1) is 19.1. The maximum absolute atomic E-state index is 14.6. The lowest BCUT2D eigenvalue weighted by Gasteiger charge is -2.29. The highest BCUT2D eigenvalue weighted by atomic mass is 19.4. The van der Waals surface area contributed by atoms with Crippen molar-refractivity contribution in [3.05, 3.63) is 47.3 Å². The molecule has 0 radical (unpaired) electrons. The maximum atomic E-state index is 14.6. The maximum Gasteiger partial charge on any atom is 0.426 e. The molecule has 4 rings (SSSR count). The predicted molar refractivity (Wildman–Crippen MR) is 122 cm³/mol. The van der Waals surface area contributed by atoms with Gasteiger partial charge in [-0.2, -0.15) is 44.6 Å². The number of fused-ring (bicyclic) bond motifs is 1. The van der Waals surface area contributed by atoms with Crippen LogP contribution >= 0.6 is 0 Å². The number of benzene rings is 1. The third-order valence-corrected chi connectivity index (χ3v) is 6.57. The Balaban J connectivity index is 1.72. The second-order valence-corrected chi connectivity index (χ2v) is 9.48. The summed E-state index contributed by atoms with van der Waals surface area (Å²) in [5.41, 5.74) is -3.95. The van der Waals surface area contributed by atoms with Gasteiger partial charge in [0.2, 0.25) is 5.60 Å². The molecule has 19 heteroatoms. The van der Waals surface area contributed by atoms with Crippen LogP contribution in [0.1, 0.15) is 28.4 Å². The first-order valence-corrected chi connectivity index (χ1v) is 11.6. The second kappa shape index (κ2) is 9.99. The van der Waals surface area contributed by atoms with E-state index in [1.54, 1.807) is 0 Å². The largest absolute Gasteiger partial charge is 0.426 e. The van der Waals surface area contributed by atoms with Crippen molar-refractivity contribution in [2.45, 2.75) is 43.3 Å². The Kier molecular flexibility index (Phi) is 7.32. The first kappa shape index (κ1) is 30.8. The molecule has 228 valence electrons. The lowest BCUT2D eigenvalue weighted by Crippen LogP contribution is -2.56. The van der Waals surface area contributed by atoms with E-state index in [1.165, 1.54) is 0 Å². The Hall–Kier alpha value is -4.16. The average Bonchev–Trinajstić information content (AvgIpc) is 3.43. The summed E-state index contributed by atoms with van der Waals surface area (Å²) in [5, 5.41) is 15.1. The van der Waals surface area contributed by atoms with Gasteiger partial charge in [-0.3, -0.25) is 9.59 Å². The molecule has 3 heterocycles. The summed E-state index contributed by atoms with van der Waals surface area (Å²) in [7, 11) is 0. The summed E-state index contributed by atoms with van der Waals surface area (Å²) >= 11 is 0. The summed E-state index contributed by atoms with van der Waals surface area (Å²) < 4.78 is 137. The van der Waals surface area contributed by atoms with Gasteiger partial charge in [-0.05, 0) is 25.1 Å². The number of nitrogen functional groups attached to an aromatic ring is 1. The SMILES string of the molecule is CC(O)(C(=O)N1C[C@H](F)[C@H](NC(=O)c2cc(-c3cc(C(F)(F)F)c4c(N)ncnn34)ccc2C(F)(F)F)C1)C(F)(F)F. The zero-order valence-corrected chi connectivity index (χ0v) is 20.9. The molecule has 0 saturated carbocycles. The number of anilines is 1. The van der Waals surface area contributed by atoms with Gasteiger partial charge in [0.15, 0.2) is 5.82 Å². The number of nitrogens with two attached hydrogens (primary N) is 1. The molecule has 0 aliphatic carbocycles. The zero-order valence-electron chi connectivity index (χ0n) is 20.9. The molecule has 0 bridgehead atoms. The highest BCUT2D eigenvalue weighted by Gasteiger charge is 2.58. The number of aromatic nitrogens is 3. The van der Waals surface area contributed by atoms with Crippen molar-refractivity contribution < 1.29 is 58.6 Å². The smallest absolute Gasteiger partial charge is 0.382 e. The standard InChI is InChI=1S/C23H18F10N6O3/c1-20(42,23(31,32)33)19(41)38-6-13(24)14(7-38)37-18(40)10-4-9(2-3-11(10)21(25,26)27)15-5-12(22(28,29)30)16-17(34)35-8-36-39(15)16/h2-5,8,13-14,42H,6-7H2,1H3,(H,37,40)(H2,34,35,36)/t13-,14+,20?/m0/s1. The summed E-state index contributed by atoms with van der Waals surface area (Å²) in [6.07, 6.45) is -17.1. The number of amides is 2. The fourth-order valence-electron chi connectivity index (χ4n) is 4.37. The first-order valence-electron chi connectivity index (χ1n) is 11.6. The minimum Gasteiger partial charge on any atom is -0.382 e. The highest BCUT2D eigenvalue weighted by molar-refractivity contribution is 5.98. The molecule has 1 saturated heterocycles. The Labute approximate surface area is 227 Å². The molecule has 3 atom stereocenters. The number of carbonyl (C=O) groups is 2. The number of rotatable bonds is 4. The number of hydrogen-bond donors (Lipinski definition) is 3. The predicted octanol–water partition coefficient (Wildman–Crippen LogP) is 3.61. The monoisotopic (exact) mass is 616 g/mol. The van der Waals surface area contributed by atoms with Crippen molar-refractivity contribution in [2.24, 2.45) is 0 Å². The Morgan fingerprint density at radius 2 is 1.62 bits per heavy atom. The lowest BCUT2D eigenvalue weighted by atomic mass is 10.00. The molecule has 1 fully saturated rings. The van der Waals surface area contributed by atoms with E-state index in [-0.39, 0.29) is 17.4 Å². The van der Waals surface area contributed by atoms with Crippen LogP contribution in [0.15, 0.2) is 30.6 Å². The number of nitrogens with one attached hydrogen (secondary N) is 1. The molecule has 2 amide bonds. The van der Waals surface area contributed by atoms with E-state index >= 15 is 0 Å². The summed E-state index contributed by atoms with van der Waals surface area (Å²) in [6, 6.07) is 0.438. The van der Waals surface area contributed by atoms with Gasteiger partial charge >= 0.3 is 18.5 Å². The molecular weight excluding hydrogens is 598 g/mol. The van der Waals surface area contributed by atoms with Crippen molar-refractivity contribution in [1.29, 1.82) is 0 Å². The van der Waals surface area contributed by atoms with Crippen molar-refractivity contribution in [1.82, 2.24) is 24.8 Å². The zero-order chi connectivity index (χ0) is 31.6. The molecule has 1 aliphatic heterocycles. The van der Waals surface area contributed by atoms with Gasteiger partial charge in [-0.1, -0.05) is 6.07 Å². The molecule has 42 heavy (non-hydrogen) atoms. The van der Waals surface area contributed by atoms with Gasteiger partial charge in [-0.15, -0.1) is 0 Å². The van der Waals surface area contributed by atoms with Crippen LogP contribution in [0.25, 0.3) is 16.8 Å². The molecule has 1 aliphatic rings. The fourth-order valence-corrected chi connectivity index (χ4v) is 4.37. The number of carbonyl (C=O) groups excluding carboxylic acids is 2. The molecule has 9 nitrogen and oxygen atoms in total. The van der Waals surface area contributed by atoms with E-state index in [9.17, 15) is 58.6 Å². The van der Waals surface area contributed by atoms with Gasteiger partial charge in [0.25, 0.3) is 11.8 Å². The van der Waals surface area contributed by atoms with Crippen molar-refractivity contribution >= 4 is 23.1 Å². The normalized spacial score (nSPS) is 19.7. The minimum absolute atomic E-state index is 0.129. The van der Waals surface area contributed by atoms with E-state index < -0.39 is 95.0 Å². The van der Waals surface area contributed by atoms with Crippen LogP contribution in [0, 0.1) is 0 Å². The van der Waals surface area contributed by atoms with E-state index in [2.05, 4.69) is 10.1 Å². The molecule has 0 spiro atoms.